The van der Waals surface area contributed by atoms with E-state index in [2.05, 4.69) is 6.07 Å². The fourth-order valence-corrected chi connectivity index (χ4v) is 5.76. The summed E-state index contributed by atoms with van der Waals surface area (Å²) in [4.78, 5) is 47.4. The monoisotopic (exact) mass is 522 g/mol. The Bertz CT molecular complexity index is 1250. The van der Waals surface area contributed by atoms with Gasteiger partial charge < -0.3 is 14.4 Å². The lowest BCUT2D eigenvalue weighted by Gasteiger charge is -2.33. The van der Waals surface area contributed by atoms with Crippen molar-refractivity contribution in [2.45, 2.75) is 95.9 Å². The molecule has 2 amide bonds. The van der Waals surface area contributed by atoms with Gasteiger partial charge in [-0.2, -0.15) is 5.26 Å². The molecule has 1 unspecified atom stereocenters. The maximum atomic E-state index is 13.7. The highest BCUT2D eigenvalue weighted by Crippen LogP contribution is 2.33. The summed E-state index contributed by atoms with van der Waals surface area (Å²) in [5, 5.41) is 10.9. The van der Waals surface area contributed by atoms with Crippen molar-refractivity contribution in [1.29, 1.82) is 5.26 Å². The molecule has 0 radical (unpaired) electrons. The lowest BCUT2D eigenvalue weighted by Crippen LogP contribution is -2.50. The number of benzene rings is 1. The fourth-order valence-electron chi connectivity index (χ4n) is 5.76. The van der Waals surface area contributed by atoms with Gasteiger partial charge >= 0.3 is 12.1 Å². The van der Waals surface area contributed by atoms with E-state index in [-0.39, 0.29) is 24.3 Å². The molecule has 38 heavy (non-hydrogen) atoms. The van der Waals surface area contributed by atoms with Crippen LogP contribution in [0.3, 0.4) is 0 Å². The first-order valence-electron chi connectivity index (χ1n) is 13.6. The molecule has 1 aromatic rings. The van der Waals surface area contributed by atoms with E-state index in [9.17, 15) is 19.6 Å². The smallest absolute Gasteiger partial charge is 0.410 e. The molecule has 0 N–H and O–H groups in total. The van der Waals surface area contributed by atoms with Crippen molar-refractivity contribution in [3.05, 3.63) is 34.3 Å². The van der Waals surface area contributed by atoms with Crippen LogP contribution in [0.25, 0.3) is 6.08 Å². The number of rotatable bonds is 7. The molecular weight excluding hydrogens is 484 g/mol. The molecular formula is C29H38N4O5. The molecule has 4 rings (SSSR count). The standard InChI is InChI=1S/C29H38N4O5/c1-5-37-25(34)18-29(17-21-11-10-20(19-30)16-23(21)31-29)13-12-22-8-6-14-32(22)26(35)24-9-7-15-33(24)27(36)38-28(2,3)4/h10-11,16-17,22,24H,5-9,12-15,18H2,1-4H3/t22-,24+,29?/m0/s1. The molecule has 3 atom stereocenters. The minimum Gasteiger partial charge on any atom is -0.466 e. The lowest BCUT2D eigenvalue weighted by molar-refractivity contribution is -0.144. The van der Waals surface area contributed by atoms with E-state index in [1.165, 1.54) is 0 Å². The Morgan fingerprint density at radius 1 is 1.16 bits per heavy atom. The van der Waals surface area contributed by atoms with E-state index in [0.29, 0.717) is 49.9 Å². The Morgan fingerprint density at radius 2 is 1.89 bits per heavy atom. The van der Waals surface area contributed by atoms with E-state index in [1.807, 2.05) is 37.8 Å². The predicted octanol–water partition coefficient (Wildman–Crippen LogP) is 2.83. The van der Waals surface area contributed by atoms with E-state index in [1.54, 1.807) is 24.0 Å². The number of likely N-dealkylation sites (tertiary alicyclic amines) is 2. The fraction of sp³-hybridized carbons (Fsp3) is 0.621. The van der Waals surface area contributed by atoms with Crippen molar-refractivity contribution in [3.63, 3.8) is 0 Å². The SMILES string of the molecule is CCOC(=O)CC1(CC[C@@H]2CCCN2C(=O)[C@H]2CCCN2C(=O)OC(C)(C)C)C=c2ccc(C#N)cc2=N1. The number of ether oxygens (including phenoxy) is 2. The highest BCUT2D eigenvalue weighted by molar-refractivity contribution is 5.86. The molecule has 3 aliphatic heterocycles. The molecule has 3 heterocycles. The van der Waals surface area contributed by atoms with Crippen LogP contribution in [0.1, 0.15) is 78.2 Å². The number of nitriles is 1. The van der Waals surface area contributed by atoms with Gasteiger partial charge in [-0.1, -0.05) is 6.07 Å². The predicted molar refractivity (Wildman–Crippen MR) is 140 cm³/mol. The van der Waals surface area contributed by atoms with Gasteiger partial charge in [-0.15, -0.1) is 0 Å². The molecule has 0 aliphatic carbocycles. The Labute approximate surface area is 224 Å². The molecule has 0 spiro atoms. The van der Waals surface area contributed by atoms with Crippen molar-refractivity contribution in [2.75, 3.05) is 19.7 Å². The van der Waals surface area contributed by atoms with Gasteiger partial charge in [0.2, 0.25) is 5.91 Å². The van der Waals surface area contributed by atoms with Crippen LogP contribution in [-0.2, 0) is 19.1 Å². The minimum absolute atomic E-state index is 0.00430. The van der Waals surface area contributed by atoms with E-state index in [4.69, 9.17) is 14.5 Å². The Morgan fingerprint density at radius 3 is 2.61 bits per heavy atom. The van der Waals surface area contributed by atoms with Crippen molar-refractivity contribution in [2.24, 2.45) is 4.99 Å². The van der Waals surface area contributed by atoms with Crippen LogP contribution in [-0.4, -0.2) is 70.7 Å². The molecule has 3 aliphatic rings. The van der Waals surface area contributed by atoms with E-state index >= 15 is 0 Å². The highest BCUT2D eigenvalue weighted by atomic mass is 16.6. The van der Waals surface area contributed by atoms with Crippen LogP contribution in [0.4, 0.5) is 4.79 Å². The van der Waals surface area contributed by atoms with Gasteiger partial charge in [0, 0.05) is 19.1 Å². The Balaban J connectivity index is 1.50. The van der Waals surface area contributed by atoms with E-state index < -0.39 is 23.3 Å². The second-order valence-corrected chi connectivity index (χ2v) is 11.4. The average molecular weight is 523 g/mol. The molecule has 2 saturated heterocycles. The largest absolute Gasteiger partial charge is 0.466 e. The second-order valence-electron chi connectivity index (χ2n) is 11.4. The third-order valence-electron chi connectivity index (χ3n) is 7.42. The molecule has 9 heteroatoms. The van der Waals surface area contributed by atoms with Crippen molar-refractivity contribution in [3.8, 4) is 6.07 Å². The molecule has 2 fully saturated rings. The number of esters is 1. The van der Waals surface area contributed by atoms with Crippen molar-refractivity contribution < 1.29 is 23.9 Å². The zero-order valence-corrected chi connectivity index (χ0v) is 22.9. The quantitative estimate of drug-likeness (QED) is 0.509. The van der Waals surface area contributed by atoms with Crippen LogP contribution in [0.15, 0.2) is 23.2 Å². The van der Waals surface area contributed by atoms with Gasteiger partial charge in [0.15, 0.2) is 0 Å². The van der Waals surface area contributed by atoms with Crippen molar-refractivity contribution >= 4 is 24.0 Å². The number of fused-ring (bicyclic) bond motifs is 1. The number of carbonyl (C=O) groups excluding carboxylic acids is 3. The molecule has 0 aromatic heterocycles. The normalized spacial score (nSPS) is 24.3. The first-order valence-corrected chi connectivity index (χ1v) is 13.6. The van der Waals surface area contributed by atoms with Gasteiger partial charge in [-0.25, -0.2) is 4.79 Å². The van der Waals surface area contributed by atoms with Crippen LogP contribution in [0.5, 0.6) is 0 Å². The van der Waals surface area contributed by atoms with Crippen LogP contribution >= 0.6 is 0 Å². The summed E-state index contributed by atoms with van der Waals surface area (Å²) in [6.45, 7) is 8.71. The molecule has 9 nitrogen and oxygen atoms in total. The van der Waals surface area contributed by atoms with Gasteiger partial charge in [0.25, 0.3) is 0 Å². The summed E-state index contributed by atoms with van der Waals surface area (Å²) >= 11 is 0. The Kier molecular flexibility index (Phi) is 8.10. The van der Waals surface area contributed by atoms with Gasteiger partial charge in [0.05, 0.1) is 35.6 Å². The first kappa shape index (κ1) is 27.6. The third-order valence-corrected chi connectivity index (χ3v) is 7.42. The maximum Gasteiger partial charge on any atom is 0.410 e. The summed E-state index contributed by atoms with van der Waals surface area (Å²) in [7, 11) is 0. The summed E-state index contributed by atoms with van der Waals surface area (Å²) in [6.07, 6.45) is 6.07. The number of amides is 2. The van der Waals surface area contributed by atoms with Gasteiger partial charge in [0.1, 0.15) is 11.6 Å². The summed E-state index contributed by atoms with van der Waals surface area (Å²) in [5.41, 5.74) is -0.883. The number of hydrogen-bond acceptors (Lipinski definition) is 7. The maximum absolute atomic E-state index is 13.7. The van der Waals surface area contributed by atoms with E-state index in [0.717, 1.165) is 24.5 Å². The van der Waals surface area contributed by atoms with Gasteiger partial charge in [-0.3, -0.25) is 19.5 Å². The summed E-state index contributed by atoms with van der Waals surface area (Å²) in [5.74, 6) is -0.344. The molecule has 1 aromatic carbocycles. The molecule has 0 bridgehead atoms. The van der Waals surface area contributed by atoms with Crippen molar-refractivity contribution in [1.82, 2.24) is 9.80 Å². The average Bonchev–Trinajstić information content (AvgIpc) is 3.59. The third kappa shape index (κ3) is 6.17. The van der Waals surface area contributed by atoms with Crippen LogP contribution in [0, 0.1) is 11.3 Å². The minimum atomic E-state index is -0.782. The highest BCUT2D eigenvalue weighted by Gasteiger charge is 2.42. The molecule has 204 valence electrons. The zero-order valence-electron chi connectivity index (χ0n) is 22.9. The Hall–Kier alpha value is -3.41. The van der Waals surface area contributed by atoms with Crippen LogP contribution in [0.2, 0.25) is 0 Å². The zero-order chi connectivity index (χ0) is 27.5. The molecule has 0 saturated carbocycles. The topological polar surface area (TPSA) is 112 Å². The summed E-state index contributed by atoms with van der Waals surface area (Å²) in [6, 6.07) is 7.00. The summed E-state index contributed by atoms with van der Waals surface area (Å²) < 4.78 is 10.8. The van der Waals surface area contributed by atoms with Gasteiger partial charge in [-0.05, 0) is 89.6 Å². The lowest BCUT2D eigenvalue weighted by atomic mass is 9.88. The number of carbonyl (C=O) groups is 3. The first-order chi connectivity index (χ1) is 18.0. The van der Waals surface area contributed by atoms with Crippen LogP contribution < -0.4 is 10.6 Å². The number of hydrogen-bond donors (Lipinski definition) is 0. The second kappa shape index (κ2) is 11.1. The number of nitrogens with zero attached hydrogens (tertiary/aromatic N) is 4.